The molecule has 0 bridgehead atoms. The first-order chi connectivity index (χ1) is 33.0. The summed E-state index contributed by atoms with van der Waals surface area (Å²) >= 11 is 0. The Kier molecular flexibility index (Phi) is 19.2. The van der Waals surface area contributed by atoms with Gasteiger partial charge in [-0.05, 0) is 124 Å². The van der Waals surface area contributed by atoms with Crippen molar-refractivity contribution in [2.75, 3.05) is 40.3 Å². The van der Waals surface area contributed by atoms with Gasteiger partial charge < -0.3 is 40.9 Å². The van der Waals surface area contributed by atoms with Crippen LogP contribution in [0.2, 0.25) is 0 Å². The molecule has 382 valence electrons. The minimum absolute atomic E-state index is 0.211. The highest BCUT2D eigenvalue weighted by atomic mass is 19.1. The molecule has 16 heteroatoms. The molecule has 2 saturated heterocycles. The van der Waals surface area contributed by atoms with E-state index in [0.717, 1.165) is 22.3 Å². The average Bonchev–Trinajstić information content (AvgIpc) is 4.03. The van der Waals surface area contributed by atoms with E-state index in [4.69, 9.17) is 0 Å². The standard InChI is InChI=1S/C54H76F2N8O6/c1-35(57-9)47(65)59-45(53(3,4)5)51(69)63-29-11-13-43(63)49(67)61(31-27-37-19-23-41(55)24-20-37)33-39-15-17-40(18-16-39)34-62(32-28-38-21-25-42(56)26-22-38)50(68)44-14-12-30-64(44)52(70)46(54(6,7)8)60-48(66)36(2)58-10/h15-26,35-36,43-46,57-58H,11-14,27-34H2,1-10H3,(H,59,65)(H,60,66)/t35-,36-,43-,44-,45+,46+/m0/s1. The van der Waals surface area contributed by atoms with Gasteiger partial charge in [-0.25, -0.2) is 8.78 Å². The molecule has 6 atom stereocenters. The number of hydrogen-bond donors (Lipinski definition) is 4. The predicted molar refractivity (Wildman–Crippen MR) is 267 cm³/mol. The number of nitrogens with one attached hydrogen (secondary N) is 4. The SMILES string of the molecule is CN[C@@H](C)C(=O)N[C@H](C(=O)N1CCC[C@H]1C(=O)N(CCc1ccc(F)cc1)Cc1ccc(CN(CCc2ccc(F)cc2)C(=O)[C@@H]2CCCN2C(=O)[C@@H](NC(=O)[C@H](C)NC)C(C)(C)C)cc1)C(C)(C)C. The van der Waals surface area contributed by atoms with E-state index < -0.39 is 47.1 Å². The fourth-order valence-corrected chi connectivity index (χ4v) is 8.98. The smallest absolute Gasteiger partial charge is 0.246 e. The summed E-state index contributed by atoms with van der Waals surface area (Å²) in [6, 6.07) is 15.7. The molecule has 70 heavy (non-hydrogen) atoms. The molecule has 0 spiro atoms. The molecule has 14 nitrogen and oxygen atoms in total. The number of hydrogen-bond acceptors (Lipinski definition) is 8. The Hall–Kier alpha value is -5.74. The molecule has 0 radical (unpaired) electrons. The van der Waals surface area contributed by atoms with E-state index in [9.17, 15) is 37.5 Å². The number of halogens is 2. The molecule has 3 aromatic carbocycles. The molecular weight excluding hydrogens is 895 g/mol. The molecule has 0 aromatic heterocycles. The number of likely N-dealkylation sites (tertiary alicyclic amines) is 2. The van der Waals surface area contributed by atoms with Crippen LogP contribution in [0.3, 0.4) is 0 Å². The van der Waals surface area contributed by atoms with Crippen LogP contribution in [-0.2, 0) is 54.7 Å². The summed E-state index contributed by atoms with van der Waals surface area (Å²) in [6.45, 7) is 16.5. The van der Waals surface area contributed by atoms with Crippen LogP contribution in [0, 0.1) is 22.5 Å². The molecule has 0 saturated carbocycles. The van der Waals surface area contributed by atoms with Crippen molar-refractivity contribution < 1.29 is 37.5 Å². The van der Waals surface area contributed by atoms with Gasteiger partial charge in [0.05, 0.1) is 12.1 Å². The summed E-state index contributed by atoms with van der Waals surface area (Å²) in [5, 5.41) is 11.7. The van der Waals surface area contributed by atoms with Gasteiger partial charge in [0.2, 0.25) is 35.4 Å². The molecule has 3 aromatic rings. The lowest BCUT2D eigenvalue weighted by atomic mass is 9.85. The second kappa shape index (κ2) is 24.4. The summed E-state index contributed by atoms with van der Waals surface area (Å²) in [7, 11) is 3.34. The maximum absolute atomic E-state index is 14.7. The number of benzene rings is 3. The summed E-state index contributed by atoms with van der Waals surface area (Å²) in [5.74, 6) is -2.43. The summed E-state index contributed by atoms with van der Waals surface area (Å²) in [5.41, 5.74) is 2.03. The Labute approximate surface area is 413 Å². The Morgan fingerprint density at radius 1 is 0.557 bits per heavy atom. The highest BCUT2D eigenvalue weighted by Crippen LogP contribution is 2.30. The fourth-order valence-electron chi connectivity index (χ4n) is 8.98. The molecule has 4 N–H and O–H groups in total. The van der Waals surface area contributed by atoms with Gasteiger partial charge in [0.1, 0.15) is 35.8 Å². The van der Waals surface area contributed by atoms with Crippen LogP contribution in [-0.4, -0.2) is 132 Å². The Morgan fingerprint density at radius 2 is 0.871 bits per heavy atom. The lowest BCUT2D eigenvalue weighted by Gasteiger charge is -2.37. The van der Waals surface area contributed by atoms with Crippen LogP contribution < -0.4 is 21.3 Å². The van der Waals surface area contributed by atoms with Crippen LogP contribution in [0.25, 0.3) is 0 Å². The number of carbonyl (C=O) groups is 6. The maximum Gasteiger partial charge on any atom is 0.246 e. The number of nitrogens with zero attached hydrogens (tertiary/aromatic N) is 4. The Balaban J connectivity index is 1.39. The lowest BCUT2D eigenvalue weighted by Crippen LogP contribution is -2.59. The maximum atomic E-state index is 14.7. The van der Waals surface area contributed by atoms with Crippen LogP contribution >= 0.6 is 0 Å². The molecule has 2 aliphatic heterocycles. The van der Waals surface area contributed by atoms with E-state index in [0.29, 0.717) is 64.7 Å². The van der Waals surface area contributed by atoms with E-state index in [1.54, 1.807) is 71.8 Å². The van der Waals surface area contributed by atoms with Crippen molar-refractivity contribution in [3.05, 3.63) is 107 Å². The van der Waals surface area contributed by atoms with E-state index in [1.165, 1.54) is 24.3 Å². The third-order valence-corrected chi connectivity index (χ3v) is 13.7. The van der Waals surface area contributed by atoms with E-state index in [-0.39, 0.29) is 60.2 Å². The van der Waals surface area contributed by atoms with Gasteiger partial charge in [-0.3, -0.25) is 28.8 Å². The summed E-state index contributed by atoms with van der Waals surface area (Å²) in [6.07, 6.45) is 3.04. The zero-order valence-electron chi connectivity index (χ0n) is 42.9. The summed E-state index contributed by atoms with van der Waals surface area (Å²) < 4.78 is 27.8. The van der Waals surface area contributed by atoms with Crippen LogP contribution in [0.1, 0.15) is 103 Å². The van der Waals surface area contributed by atoms with Crippen molar-refractivity contribution in [3.8, 4) is 0 Å². The minimum Gasteiger partial charge on any atom is -0.342 e. The first-order valence-electron chi connectivity index (χ1n) is 24.7. The van der Waals surface area contributed by atoms with Crippen molar-refractivity contribution >= 4 is 35.4 Å². The molecule has 2 fully saturated rings. The third-order valence-electron chi connectivity index (χ3n) is 13.7. The second-order valence-electron chi connectivity index (χ2n) is 21.1. The number of carbonyl (C=O) groups excluding carboxylic acids is 6. The van der Waals surface area contributed by atoms with Gasteiger partial charge in [-0.1, -0.05) is 90.1 Å². The molecule has 2 heterocycles. The van der Waals surface area contributed by atoms with Gasteiger partial charge in [0.25, 0.3) is 0 Å². The van der Waals surface area contributed by atoms with E-state index in [2.05, 4.69) is 21.3 Å². The predicted octanol–water partition coefficient (Wildman–Crippen LogP) is 5.37. The van der Waals surface area contributed by atoms with Crippen molar-refractivity contribution in [3.63, 3.8) is 0 Å². The first kappa shape index (κ1) is 55.2. The number of amides is 6. The van der Waals surface area contributed by atoms with Gasteiger partial charge in [-0.2, -0.15) is 0 Å². The number of likely N-dealkylation sites (N-methyl/N-ethyl adjacent to an activating group) is 2. The van der Waals surface area contributed by atoms with Crippen molar-refractivity contribution in [2.45, 2.75) is 143 Å². The van der Waals surface area contributed by atoms with Crippen molar-refractivity contribution in [1.29, 1.82) is 0 Å². The quantitative estimate of drug-likeness (QED) is 0.118. The fraction of sp³-hybridized carbons (Fsp3) is 0.556. The van der Waals surface area contributed by atoms with Crippen molar-refractivity contribution in [2.24, 2.45) is 10.8 Å². The van der Waals surface area contributed by atoms with Crippen LogP contribution in [0.4, 0.5) is 8.78 Å². The van der Waals surface area contributed by atoms with Gasteiger partial charge >= 0.3 is 0 Å². The molecule has 5 rings (SSSR count). The molecule has 2 aliphatic rings. The highest BCUT2D eigenvalue weighted by molar-refractivity contribution is 5.95. The van der Waals surface area contributed by atoms with Crippen LogP contribution in [0.15, 0.2) is 72.8 Å². The number of rotatable bonds is 20. The summed E-state index contributed by atoms with van der Waals surface area (Å²) in [4.78, 5) is 90.9. The largest absolute Gasteiger partial charge is 0.342 e. The topological polar surface area (TPSA) is 164 Å². The molecule has 6 amide bonds. The van der Waals surface area contributed by atoms with Gasteiger partial charge in [0.15, 0.2) is 0 Å². The van der Waals surface area contributed by atoms with E-state index >= 15 is 0 Å². The first-order valence-corrected chi connectivity index (χ1v) is 24.7. The van der Waals surface area contributed by atoms with E-state index in [1.807, 2.05) is 65.8 Å². The zero-order chi connectivity index (χ0) is 51.5. The molecular formula is C54H76F2N8O6. The second-order valence-corrected chi connectivity index (χ2v) is 21.1. The Morgan fingerprint density at radius 3 is 1.17 bits per heavy atom. The highest BCUT2D eigenvalue weighted by Gasteiger charge is 2.45. The minimum atomic E-state index is -0.871. The van der Waals surface area contributed by atoms with Crippen LogP contribution in [0.5, 0.6) is 0 Å². The van der Waals surface area contributed by atoms with Crippen molar-refractivity contribution in [1.82, 2.24) is 40.9 Å². The average molecular weight is 971 g/mol. The van der Waals surface area contributed by atoms with Gasteiger partial charge in [0, 0.05) is 39.3 Å². The zero-order valence-corrected chi connectivity index (χ0v) is 42.9. The monoisotopic (exact) mass is 971 g/mol. The van der Waals surface area contributed by atoms with Gasteiger partial charge in [-0.15, -0.1) is 0 Å². The Bertz CT molecular complexity index is 2110. The lowest BCUT2D eigenvalue weighted by molar-refractivity contribution is -0.147. The molecule has 0 unspecified atom stereocenters. The normalized spacial score (nSPS) is 17.9. The third kappa shape index (κ3) is 14.7. The molecule has 0 aliphatic carbocycles.